The quantitative estimate of drug-likeness (QED) is 0.844. The van der Waals surface area contributed by atoms with Gasteiger partial charge in [0.05, 0.1) is 6.20 Å². The van der Waals surface area contributed by atoms with E-state index < -0.39 is 10.0 Å². The molecule has 0 saturated carbocycles. The molecule has 0 N–H and O–H groups in total. The smallest absolute Gasteiger partial charge is 0.254 e. The molecule has 0 atom stereocenters. The molecule has 6 nitrogen and oxygen atoms in total. The maximum Gasteiger partial charge on any atom is 0.254 e. The summed E-state index contributed by atoms with van der Waals surface area (Å²) in [6.45, 7) is 2.16. The molecule has 1 fully saturated rings. The number of anilines is 1. The first-order valence-electron chi connectivity index (χ1n) is 5.83. The topological polar surface area (TPSA) is 66.4 Å². The van der Waals surface area contributed by atoms with Crippen LogP contribution in [-0.4, -0.2) is 48.9 Å². The van der Waals surface area contributed by atoms with Gasteiger partial charge in [0.2, 0.25) is 0 Å². The molecule has 0 amide bonds. The van der Waals surface area contributed by atoms with Crippen LogP contribution < -0.4 is 4.90 Å². The Bertz CT molecular complexity index is 677. The zero-order valence-electron chi connectivity index (χ0n) is 10.3. The molecule has 0 aromatic carbocycles. The molecular formula is C10H11ClN4O2S3. The predicted octanol–water partition coefficient (Wildman–Crippen LogP) is 1.76. The van der Waals surface area contributed by atoms with E-state index in [0.29, 0.717) is 26.2 Å². The van der Waals surface area contributed by atoms with Crippen molar-refractivity contribution < 1.29 is 8.42 Å². The van der Waals surface area contributed by atoms with Crippen molar-refractivity contribution in [1.82, 2.24) is 14.3 Å². The highest BCUT2D eigenvalue weighted by Crippen LogP contribution is 2.27. The zero-order valence-corrected chi connectivity index (χ0v) is 13.5. The Morgan fingerprint density at radius 3 is 2.50 bits per heavy atom. The van der Waals surface area contributed by atoms with Gasteiger partial charge >= 0.3 is 0 Å². The minimum atomic E-state index is -3.47. The van der Waals surface area contributed by atoms with Crippen molar-refractivity contribution in [2.45, 2.75) is 4.21 Å². The van der Waals surface area contributed by atoms with E-state index in [9.17, 15) is 8.42 Å². The van der Waals surface area contributed by atoms with Crippen LogP contribution in [0.1, 0.15) is 0 Å². The second kappa shape index (κ2) is 5.57. The number of piperazine rings is 1. The highest BCUT2D eigenvalue weighted by molar-refractivity contribution is 7.91. The van der Waals surface area contributed by atoms with E-state index in [4.69, 9.17) is 11.6 Å². The van der Waals surface area contributed by atoms with Crippen molar-refractivity contribution in [3.05, 3.63) is 22.2 Å². The van der Waals surface area contributed by atoms with Crippen molar-refractivity contribution in [3.63, 3.8) is 0 Å². The van der Waals surface area contributed by atoms with Gasteiger partial charge in [0.25, 0.3) is 10.0 Å². The molecule has 0 unspecified atom stereocenters. The Kier molecular flexibility index (Phi) is 3.95. The van der Waals surface area contributed by atoms with Crippen LogP contribution in [0.4, 0.5) is 5.13 Å². The second-order valence-electron chi connectivity index (χ2n) is 4.14. The van der Waals surface area contributed by atoms with Crippen LogP contribution in [-0.2, 0) is 10.0 Å². The fourth-order valence-corrected chi connectivity index (χ4v) is 5.55. The number of aromatic nitrogens is 2. The highest BCUT2D eigenvalue weighted by atomic mass is 35.5. The molecular weight excluding hydrogens is 340 g/mol. The maximum absolute atomic E-state index is 12.4. The lowest BCUT2D eigenvalue weighted by atomic mass is 10.4. The third kappa shape index (κ3) is 2.68. The first-order chi connectivity index (χ1) is 9.57. The summed E-state index contributed by atoms with van der Waals surface area (Å²) in [5, 5.41) is 2.85. The molecule has 20 heavy (non-hydrogen) atoms. The van der Waals surface area contributed by atoms with Gasteiger partial charge in [0, 0.05) is 37.8 Å². The molecule has 1 aliphatic rings. The summed E-state index contributed by atoms with van der Waals surface area (Å²) >= 11 is 8.25. The molecule has 1 aliphatic heterocycles. The maximum atomic E-state index is 12.4. The molecule has 3 rings (SSSR count). The number of sulfonamides is 1. The van der Waals surface area contributed by atoms with Crippen LogP contribution in [0.25, 0.3) is 0 Å². The minimum absolute atomic E-state index is 0.199. The average molecular weight is 351 g/mol. The van der Waals surface area contributed by atoms with Crippen molar-refractivity contribution >= 4 is 49.4 Å². The monoisotopic (exact) mass is 350 g/mol. The van der Waals surface area contributed by atoms with Gasteiger partial charge in [-0.3, -0.25) is 0 Å². The third-order valence-corrected chi connectivity index (χ3v) is 7.26. The van der Waals surface area contributed by atoms with Gasteiger partial charge < -0.3 is 4.90 Å². The Labute approximate surface area is 129 Å². The van der Waals surface area contributed by atoms with Crippen molar-refractivity contribution in [2.75, 3.05) is 31.1 Å². The zero-order chi connectivity index (χ0) is 14.2. The van der Waals surface area contributed by atoms with E-state index in [2.05, 4.69) is 14.9 Å². The van der Waals surface area contributed by atoms with Gasteiger partial charge in [0.1, 0.15) is 0 Å². The molecule has 0 bridgehead atoms. The normalized spacial score (nSPS) is 17.6. The fourth-order valence-electron chi connectivity index (χ4n) is 1.98. The summed E-state index contributed by atoms with van der Waals surface area (Å²) < 4.78 is 26.7. The average Bonchev–Trinajstić information content (AvgIpc) is 3.10. The van der Waals surface area contributed by atoms with Crippen molar-refractivity contribution in [1.29, 1.82) is 0 Å². The Hall–Kier alpha value is -0.740. The summed E-state index contributed by atoms with van der Waals surface area (Å²) in [7, 11) is -3.47. The fraction of sp³-hybridized carbons (Fsp3) is 0.400. The lowest BCUT2D eigenvalue weighted by Crippen LogP contribution is -2.48. The summed E-state index contributed by atoms with van der Waals surface area (Å²) in [6.07, 6.45) is 3.07. The molecule has 3 heterocycles. The van der Waals surface area contributed by atoms with E-state index in [0.717, 1.165) is 16.5 Å². The molecule has 0 aliphatic carbocycles. The minimum Gasteiger partial charge on any atom is -0.345 e. The number of hydrogen-bond acceptors (Lipinski definition) is 7. The van der Waals surface area contributed by atoms with Crippen LogP contribution in [0.5, 0.6) is 0 Å². The van der Waals surface area contributed by atoms with Gasteiger partial charge in [-0.25, -0.2) is 18.4 Å². The molecule has 1 saturated heterocycles. The summed E-state index contributed by atoms with van der Waals surface area (Å²) in [5.74, 6) is 0. The van der Waals surface area contributed by atoms with Crippen LogP contribution in [0.15, 0.2) is 22.0 Å². The SMILES string of the molecule is O=S(=O)(c1cnc(Cl)s1)N1CCN(c2nccs2)CC1. The first-order valence-corrected chi connectivity index (χ1v) is 9.35. The van der Waals surface area contributed by atoms with Gasteiger partial charge in [-0.1, -0.05) is 22.9 Å². The van der Waals surface area contributed by atoms with E-state index in [-0.39, 0.29) is 8.68 Å². The third-order valence-electron chi connectivity index (χ3n) is 2.98. The van der Waals surface area contributed by atoms with Gasteiger partial charge in [0.15, 0.2) is 13.8 Å². The largest absolute Gasteiger partial charge is 0.345 e. The lowest BCUT2D eigenvalue weighted by Gasteiger charge is -2.33. The van der Waals surface area contributed by atoms with Crippen LogP contribution in [0, 0.1) is 0 Å². The summed E-state index contributed by atoms with van der Waals surface area (Å²) in [6, 6.07) is 0. The summed E-state index contributed by atoms with van der Waals surface area (Å²) in [4.78, 5) is 10.1. The number of nitrogens with zero attached hydrogens (tertiary/aromatic N) is 4. The van der Waals surface area contributed by atoms with Crippen molar-refractivity contribution in [2.24, 2.45) is 0 Å². The van der Waals surface area contributed by atoms with Crippen molar-refractivity contribution in [3.8, 4) is 0 Å². The Balaban J connectivity index is 1.72. The lowest BCUT2D eigenvalue weighted by molar-refractivity contribution is 0.385. The number of hydrogen-bond donors (Lipinski definition) is 0. The molecule has 0 spiro atoms. The Morgan fingerprint density at radius 1 is 1.20 bits per heavy atom. The number of halogens is 1. The highest BCUT2D eigenvalue weighted by Gasteiger charge is 2.30. The van der Waals surface area contributed by atoms with Crippen LogP contribution >= 0.6 is 34.3 Å². The molecule has 2 aromatic heterocycles. The van der Waals surface area contributed by atoms with Crippen LogP contribution in [0.3, 0.4) is 0 Å². The predicted molar refractivity (Wildman–Crippen MR) is 80.2 cm³/mol. The van der Waals surface area contributed by atoms with Crippen LogP contribution in [0.2, 0.25) is 4.47 Å². The van der Waals surface area contributed by atoms with E-state index in [1.807, 2.05) is 5.38 Å². The van der Waals surface area contributed by atoms with E-state index >= 15 is 0 Å². The second-order valence-corrected chi connectivity index (χ2v) is 8.79. The van der Waals surface area contributed by atoms with E-state index in [1.165, 1.54) is 10.5 Å². The van der Waals surface area contributed by atoms with Gasteiger partial charge in [-0.2, -0.15) is 4.31 Å². The molecule has 10 heteroatoms. The van der Waals surface area contributed by atoms with Gasteiger partial charge in [-0.15, -0.1) is 11.3 Å². The van der Waals surface area contributed by atoms with E-state index in [1.54, 1.807) is 17.5 Å². The molecule has 108 valence electrons. The summed E-state index contributed by atoms with van der Waals surface area (Å²) in [5.41, 5.74) is 0. The molecule has 2 aromatic rings. The Morgan fingerprint density at radius 2 is 1.95 bits per heavy atom. The van der Waals surface area contributed by atoms with Gasteiger partial charge in [-0.05, 0) is 0 Å². The molecule has 0 radical (unpaired) electrons. The first kappa shape index (κ1) is 14.2. The number of thiazole rings is 2. The standard InChI is InChI=1S/C10H11ClN4O2S3/c11-9-13-7-8(19-9)20(16,17)15-4-2-14(3-5-15)10-12-1-6-18-10/h1,6-7H,2-5H2. The number of rotatable bonds is 3.